The maximum Gasteiger partial charge on any atom is 0.0540 e. The third kappa shape index (κ3) is 6.95. The van der Waals surface area contributed by atoms with Crippen molar-refractivity contribution in [2.24, 2.45) is 0 Å². The largest absolute Gasteiger partial charge is 0.310 e. The Labute approximate surface area is 402 Å². The number of rotatable bonds is 8. The number of benzene rings is 13. The number of hydrogen-bond donors (Lipinski definition) is 0. The van der Waals surface area contributed by atoms with Crippen LogP contribution in [0, 0.1) is 0 Å². The molecule has 13 rings (SSSR count). The van der Waals surface area contributed by atoms with Crippen LogP contribution in [-0.2, 0) is 0 Å². The summed E-state index contributed by atoms with van der Waals surface area (Å²) in [6.45, 7) is 0. The van der Waals surface area contributed by atoms with E-state index in [1.54, 1.807) is 0 Å². The summed E-state index contributed by atoms with van der Waals surface area (Å²) >= 11 is 0. The summed E-state index contributed by atoms with van der Waals surface area (Å²) in [5.74, 6) is 0. The fourth-order valence-corrected chi connectivity index (χ4v) is 10.9. The molecular weight excluding hydrogens is 831 g/mol. The molecule has 0 saturated carbocycles. The standard InChI is InChI=1S/C68H45N/c1-2-22-51(23-3-1)69(66-35-17-21-47-19-5-7-27-56(47)66)52-42-38-50(39-43-52)67-61-30-12-14-32-63(61)68(64-33-15-13-31-62(64)67)65-45-41-49(55-26-9-11-29-59(55)65)37-36-48-40-44-60(57-28-10-8-25-54(48)57)58-34-16-20-46-18-4-6-24-53(46)58/h1-45H. The fraction of sp³-hybridized carbons (Fsp3) is 0. The number of anilines is 3. The smallest absolute Gasteiger partial charge is 0.0540 e. The van der Waals surface area contributed by atoms with E-state index in [0.717, 1.165) is 17.1 Å². The van der Waals surface area contributed by atoms with Crippen LogP contribution in [0.3, 0.4) is 0 Å². The van der Waals surface area contributed by atoms with Crippen LogP contribution >= 0.6 is 0 Å². The lowest BCUT2D eigenvalue weighted by Crippen LogP contribution is -2.10. The average Bonchev–Trinajstić information content (AvgIpc) is 3.42. The Morgan fingerprint density at radius 2 is 0.638 bits per heavy atom. The first-order valence-corrected chi connectivity index (χ1v) is 23.8. The number of para-hydroxylation sites is 1. The summed E-state index contributed by atoms with van der Waals surface area (Å²) < 4.78 is 0. The van der Waals surface area contributed by atoms with Crippen molar-refractivity contribution in [2.75, 3.05) is 4.90 Å². The number of fused-ring (bicyclic) bond motifs is 6. The predicted octanol–water partition coefficient (Wildman–Crippen LogP) is 19.2. The van der Waals surface area contributed by atoms with Crippen molar-refractivity contribution in [2.45, 2.75) is 0 Å². The summed E-state index contributed by atoms with van der Waals surface area (Å²) in [7, 11) is 0. The third-order valence-corrected chi connectivity index (χ3v) is 14.1. The van der Waals surface area contributed by atoms with Crippen molar-refractivity contribution in [3.63, 3.8) is 0 Å². The molecule has 0 N–H and O–H groups in total. The van der Waals surface area contributed by atoms with E-state index in [1.807, 2.05) is 0 Å². The molecule has 0 fully saturated rings. The van der Waals surface area contributed by atoms with Gasteiger partial charge in [0.25, 0.3) is 0 Å². The molecule has 0 unspecified atom stereocenters. The van der Waals surface area contributed by atoms with E-state index in [9.17, 15) is 0 Å². The minimum absolute atomic E-state index is 1.11. The molecule has 0 spiro atoms. The lowest BCUT2D eigenvalue weighted by atomic mass is 9.84. The van der Waals surface area contributed by atoms with Gasteiger partial charge in [0.05, 0.1) is 5.69 Å². The number of hydrogen-bond acceptors (Lipinski definition) is 1. The van der Waals surface area contributed by atoms with Crippen LogP contribution in [0.25, 0.3) is 110 Å². The highest BCUT2D eigenvalue weighted by Gasteiger charge is 2.20. The van der Waals surface area contributed by atoms with Gasteiger partial charge in [-0.3, -0.25) is 0 Å². The third-order valence-electron chi connectivity index (χ3n) is 14.1. The molecule has 0 amide bonds. The van der Waals surface area contributed by atoms with Crippen LogP contribution in [0.5, 0.6) is 0 Å². The second-order valence-electron chi connectivity index (χ2n) is 17.9. The normalized spacial score (nSPS) is 11.7. The summed E-state index contributed by atoms with van der Waals surface area (Å²) in [5, 5.41) is 14.9. The monoisotopic (exact) mass is 875 g/mol. The van der Waals surface area contributed by atoms with Gasteiger partial charge in [-0.05, 0) is 134 Å². The van der Waals surface area contributed by atoms with Crippen molar-refractivity contribution in [3.05, 3.63) is 272 Å². The molecule has 1 heteroatoms. The average molecular weight is 876 g/mol. The zero-order valence-electron chi connectivity index (χ0n) is 37.9. The number of nitrogens with zero attached hydrogens (tertiary/aromatic N) is 1. The Morgan fingerprint density at radius 1 is 0.232 bits per heavy atom. The van der Waals surface area contributed by atoms with Crippen LogP contribution in [0.1, 0.15) is 11.1 Å². The quantitative estimate of drug-likeness (QED) is 0.109. The molecule has 69 heavy (non-hydrogen) atoms. The topological polar surface area (TPSA) is 3.24 Å². The molecule has 13 aromatic rings. The molecular formula is C68H45N. The minimum Gasteiger partial charge on any atom is -0.310 e. The Hall–Kier alpha value is -9.04. The van der Waals surface area contributed by atoms with Crippen LogP contribution in [0.15, 0.2) is 261 Å². The summed E-state index contributed by atoms with van der Waals surface area (Å²) in [4.78, 5) is 2.38. The van der Waals surface area contributed by atoms with E-state index in [4.69, 9.17) is 0 Å². The van der Waals surface area contributed by atoms with E-state index in [2.05, 4.69) is 278 Å². The summed E-state index contributed by atoms with van der Waals surface area (Å²) in [6.07, 6.45) is 4.59. The van der Waals surface area contributed by atoms with Gasteiger partial charge in [0, 0.05) is 16.8 Å². The van der Waals surface area contributed by atoms with Gasteiger partial charge in [-0.1, -0.05) is 243 Å². The van der Waals surface area contributed by atoms with Gasteiger partial charge in [-0.25, -0.2) is 0 Å². The second-order valence-corrected chi connectivity index (χ2v) is 17.9. The van der Waals surface area contributed by atoms with Gasteiger partial charge in [0.15, 0.2) is 0 Å². The Morgan fingerprint density at radius 3 is 1.25 bits per heavy atom. The van der Waals surface area contributed by atoms with Crippen molar-refractivity contribution in [1.29, 1.82) is 0 Å². The van der Waals surface area contributed by atoms with Gasteiger partial charge in [-0.15, -0.1) is 0 Å². The first kappa shape index (κ1) is 40.3. The molecule has 0 bridgehead atoms. The molecule has 13 aromatic carbocycles. The molecule has 0 atom stereocenters. The van der Waals surface area contributed by atoms with Crippen molar-refractivity contribution >= 4 is 93.8 Å². The molecule has 0 aromatic heterocycles. The Kier molecular flexibility index (Phi) is 9.91. The van der Waals surface area contributed by atoms with Gasteiger partial charge >= 0.3 is 0 Å². The van der Waals surface area contributed by atoms with Crippen LogP contribution in [0.2, 0.25) is 0 Å². The maximum atomic E-state index is 2.38. The highest BCUT2D eigenvalue weighted by molar-refractivity contribution is 6.24. The van der Waals surface area contributed by atoms with Gasteiger partial charge in [0.2, 0.25) is 0 Å². The SMILES string of the molecule is C(=Cc1ccc(-c2c3ccccc3c(-c3ccc(N(c4ccccc4)c4cccc5ccccc45)cc3)c3ccccc23)c2ccccc12)c1ccc(-c2cccc3ccccc23)c2ccccc12. The van der Waals surface area contributed by atoms with E-state index in [1.165, 1.54) is 109 Å². The predicted molar refractivity (Wildman–Crippen MR) is 298 cm³/mol. The van der Waals surface area contributed by atoms with Crippen molar-refractivity contribution in [1.82, 2.24) is 0 Å². The lowest BCUT2D eigenvalue weighted by molar-refractivity contribution is 1.30. The lowest BCUT2D eigenvalue weighted by Gasteiger charge is -2.27. The van der Waals surface area contributed by atoms with Crippen LogP contribution in [-0.4, -0.2) is 0 Å². The zero-order valence-corrected chi connectivity index (χ0v) is 37.9. The zero-order chi connectivity index (χ0) is 45.7. The van der Waals surface area contributed by atoms with Crippen molar-refractivity contribution < 1.29 is 0 Å². The van der Waals surface area contributed by atoms with E-state index in [-0.39, 0.29) is 0 Å². The highest BCUT2D eigenvalue weighted by atomic mass is 15.1. The summed E-state index contributed by atoms with van der Waals surface area (Å²) in [6, 6.07) is 95.3. The molecule has 0 heterocycles. The molecule has 0 radical (unpaired) electrons. The summed E-state index contributed by atoms with van der Waals surface area (Å²) in [5.41, 5.74) is 13.2. The first-order chi connectivity index (χ1) is 34.3. The highest BCUT2D eigenvalue weighted by Crippen LogP contribution is 2.47. The van der Waals surface area contributed by atoms with Crippen molar-refractivity contribution in [3.8, 4) is 33.4 Å². The molecule has 0 aliphatic carbocycles. The fourth-order valence-electron chi connectivity index (χ4n) is 10.9. The molecule has 0 saturated heterocycles. The first-order valence-electron chi connectivity index (χ1n) is 23.8. The Balaban J connectivity index is 0.918. The maximum absolute atomic E-state index is 2.38. The second kappa shape index (κ2) is 17.0. The van der Waals surface area contributed by atoms with E-state index < -0.39 is 0 Å². The molecule has 0 aliphatic heterocycles. The molecule has 1 nitrogen and oxygen atoms in total. The molecule has 0 aliphatic rings. The van der Waals surface area contributed by atoms with E-state index in [0.29, 0.717) is 0 Å². The van der Waals surface area contributed by atoms with Gasteiger partial charge in [-0.2, -0.15) is 0 Å². The Bertz CT molecular complexity index is 4060. The van der Waals surface area contributed by atoms with Crippen LogP contribution < -0.4 is 4.90 Å². The van der Waals surface area contributed by atoms with Gasteiger partial charge < -0.3 is 4.90 Å². The van der Waals surface area contributed by atoms with Crippen LogP contribution in [0.4, 0.5) is 17.1 Å². The van der Waals surface area contributed by atoms with E-state index >= 15 is 0 Å². The van der Waals surface area contributed by atoms with Gasteiger partial charge in [0.1, 0.15) is 0 Å². The molecule has 322 valence electrons. The minimum atomic E-state index is 1.11.